The van der Waals surface area contributed by atoms with Crippen molar-refractivity contribution in [2.75, 3.05) is 0 Å². The molecule has 0 nitrogen and oxygen atoms in total. The Morgan fingerprint density at radius 1 is 0.682 bits per heavy atom. The number of hydrogen-bond acceptors (Lipinski definition) is 0. The maximum Gasteiger partial charge on any atom is -0.00237 e. The molecule has 0 heteroatoms. The molecule has 0 unspecified atom stereocenters. The van der Waals surface area contributed by atoms with Crippen LogP contribution in [0.1, 0.15) is 25.8 Å². The highest BCUT2D eigenvalue weighted by molar-refractivity contribution is 6.15. The van der Waals surface area contributed by atoms with Gasteiger partial charge in [-0.1, -0.05) is 74.9 Å². The first-order chi connectivity index (χ1) is 10.8. The van der Waals surface area contributed by atoms with Gasteiger partial charge in [0.2, 0.25) is 0 Å². The predicted octanol–water partition coefficient (Wildman–Crippen LogP) is 6.46. The van der Waals surface area contributed by atoms with E-state index >= 15 is 0 Å². The van der Waals surface area contributed by atoms with E-state index in [-0.39, 0.29) is 0 Å². The van der Waals surface area contributed by atoms with E-state index in [4.69, 9.17) is 0 Å². The zero-order valence-corrected chi connectivity index (χ0v) is 13.6. The molecule has 0 saturated carbocycles. The molecule has 0 aliphatic heterocycles. The van der Waals surface area contributed by atoms with E-state index in [2.05, 4.69) is 88.2 Å². The van der Waals surface area contributed by atoms with Crippen LogP contribution in [-0.4, -0.2) is 0 Å². The maximum atomic E-state index is 4.00. The molecule has 0 fully saturated rings. The van der Waals surface area contributed by atoms with Gasteiger partial charge >= 0.3 is 0 Å². The smallest absolute Gasteiger partial charge is 0.00237 e. The third-order valence-electron chi connectivity index (χ3n) is 3.77. The van der Waals surface area contributed by atoms with Crippen molar-refractivity contribution in [3.05, 3.63) is 60.2 Å². The molecule has 0 N–H and O–H groups in total. The van der Waals surface area contributed by atoms with Crippen molar-refractivity contribution in [3.8, 4) is 35.1 Å². The number of benzene rings is 3. The summed E-state index contributed by atoms with van der Waals surface area (Å²) in [5.74, 6) is 0. The second-order valence-electron chi connectivity index (χ2n) is 5.41. The molecule has 0 bridgehead atoms. The van der Waals surface area contributed by atoms with Crippen LogP contribution in [0.4, 0.5) is 0 Å². The summed E-state index contributed by atoms with van der Waals surface area (Å²) in [7, 11) is 0. The average Bonchev–Trinajstić information content (AvgIpc) is 2.89. The lowest BCUT2D eigenvalue weighted by Crippen LogP contribution is -1.79. The Morgan fingerprint density at radius 2 is 1.18 bits per heavy atom. The van der Waals surface area contributed by atoms with Crippen LogP contribution >= 0.6 is 0 Å². The maximum absolute atomic E-state index is 4.00. The number of rotatable bonds is 0. The van der Waals surface area contributed by atoms with Gasteiger partial charge in [-0.3, -0.25) is 0 Å². The Bertz CT molecular complexity index is 777. The van der Waals surface area contributed by atoms with Gasteiger partial charge < -0.3 is 0 Å². The summed E-state index contributed by atoms with van der Waals surface area (Å²) in [6, 6.07) is 19.8. The van der Waals surface area contributed by atoms with Gasteiger partial charge in [0.05, 0.1) is 0 Å². The minimum atomic E-state index is 1.25. The van der Waals surface area contributed by atoms with Crippen molar-refractivity contribution in [3.63, 3.8) is 0 Å². The van der Waals surface area contributed by atoms with Gasteiger partial charge in [0.1, 0.15) is 0 Å². The lowest BCUT2D eigenvalue weighted by Gasteiger charge is -2.04. The van der Waals surface area contributed by atoms with Crippen molar-refractivity contribution >= 4 is 10.8 Å². The SMILES string of the molecule is C#C.CCC.Cc1ccc2c3c(cccc13)-c1ccccc1-2. The monoisotopic (exact) mass is 286 g/mol. The second kappa shape index (κ2) is 6.96. The second-order valence-corrected chi connectivity index (χ2v) is 5.41. The van der Waals surface area contributed by atoms with E-state index in [1.165, 1.54) is 45.0 Å². The third-order valence-corrected chi connectivity index (χ3v) is 3.77. The molecule has 0 spiro atoms. The van der Waals surface area contributed by atoms with E-state index in [9.17, 15) is 0 Å². The summed E-state index contributed by atoms with van der Waals surface area (Å²) in [6.45, 7) is 6.44. The van der Waals surface area contributed by atoms with E-state index in [1.54, 1.807) is 0 Å². The van der Waals surface area contributed by atoms with Gasteiger partial charge in [-0.2, -0.15) is 0 Å². The van der Waals surface area contributed by atoms with Crippen LogP contribution in [0.2, 0.25) is 0 Å². The Balaban J connectivity index is 0.000000319. The molecular weight excluding hydrogens is 264 g/mol. The summed E-state index contributed by atoms with van der Waals surface area (Å²) in [5, 5.41) is 2.81. The molecule has 110 valence electrons. The van der Waals surface area contributed by atoms with Gasteiger partial charge in [0.15, 0.2) is 0 Å². The number of hydrogen-bond donors (Lipinski definition) is 0. The van der Waals surface area contributed by atoms with Crippen molar-refractivity contribution in [1.82, 2.24) is 0 Å². The van der Waals surface area contributed by atoms with Gasteiger partial charge in [-0.05, 0) is 45.5 Å². The van der Waals surface area contributed by atoms with Gasteiger partial charge in [-0.15, -0.1) is 12.8 Å². The Morgan fingerprint density at radius 3 is 1.77 bits per heavy atom. The zero-order chi connectivity index (χ0) is 16.1. The number of aryl methyl sites for hydroxylation is 1. The fraction of sp³-hybridized carbons (Fsp3) is 0.182. The Kier molecular flexibility index (Phi) is 5.02. The summed E-state index contributed by atoms with van der Waals surface area (Å²) in [5.41, 5.74) is 6.88. The van der Waals surface area contributed by atoms with Crippen molar-refractivity contribution in [1.29, 1.82) is 0 Å². The van der Waals surface area contributed by atoms with Crippen molar-refractivity contribution < 1.29 is 0 Å². The molecule has 3 aromatic carbocycles. The van der Waals surface area contributed by atoms with E-state index in [0.717, 1.165) is 0 Å². The molecule has 0 saturated heterocycles. The third kappa shape index (κ3) is 2.51. The first-order valence-corrected chi connectivity index (χ1v) is 7.73. The van der Waals surface area contributed by atoms with Crippen LogP contribution in [-0.2, 0) is 0 Å². The topological polar surface area (TPSA) is 0 Å². The molecule has 1 aliphatic carbocycles. The van der Waals surface area contributed by atoms with Crippen LogP contribution in [0.5, 0.6) is 0 Å². The molecule has 0 amide bonds. The first-order valence-electron chi connectivity index (χ1n) is 7.73. The summed E-state index contributed by atoms with van der Waals surface area (Å²) in [6.07, 6.45) is 9.25. The fourth-order valence-electron chi connectivity index (χ4n) is 2.95. The van der Waals surface area contributed by atoms with Crippen LogP contribution in [0.25, 0.3) is 33.0 Å². The lowest BCUT2D eigenvalue weighted by molar-refractivity contribution is 1.09. The minimum Gasteiger partial charge on any atom is -0.124 e. The van der Waals surface area contributed by atoms with E-state index in [1.807, 2.05) is 0 Å². The van der Waals surface area contributed by atoms with Gasteiger partial charge in [0.25, 0.3) is 0 Å². The number of fused-ring (bicyclic) bond motifs is 3. The zero-order valence-electron chi connectivity index (χ0n) is 13.6. The molecule has 0 heterocycles. The normalized spacial score (nSPS) is 10.0. The first kappa shape index (κ1) is 15.9. The minimum absolute atomic E-state index is 1.25. The molecule has 4 rings (SSSR count). The molecule has 0 radical (unpaired) electrons. The number of terminal acetylenes is 1. The van der Waals surface area contributed by atoms with Crippen molar-refractivity contribution in [2.45, 2.75) is 27.2 Å². The highest BCUT2D eigenvalue weighted by atomic mass is 14.2. The Labute approximate surface area is 133 Å². The van der Waals surface area contributed by atoms with Crippen LogP contribution < -0.4 is 0 Å². The Hall–Kier alpha value is -2.52. The van der Waals surface area contributed by atoms with Crippen molar-refractivity contribution in [2.24, 2.45) is 0 Å². The van der Waals surface area contributed by atoms with E-state index in [0.29, 0.717) is 0 Å². The predicted molar refractivity (Wildman–Crippen MR) is 99.0 cm³/mol. The quantitative estimate of drug-likeness (QED) is 0.325. The standard InChI is InChI=1S/C17H12.C3H8.C2H2/c1-11-9-10-16-14-6-3-2-5-13(14)15-8-4-7-12(11)17(15)16;1-3-2;1-2/h2-10H,1H3;3H2,1-2H3;1-2H. The molecule has 3 aromatic rings. The van der Waals surface area contributed by atoms with Gasteiger partial charge in [-0.25, -0.2) is 0 Å². The molecule has 0 aromatic heterocycles. The highest BCUT2D eigenvalue weighted by Gasteiger charge is 2.20. The van der Waals surface area contributed by atoms with Gasteiger partial charge in [0, 0.05) is 0 Å². The molecule has 1 aliphatic rings. The van der Waals surface area contributed by atoms with Crippen LogP contribution in [0.3, 0.4) is 0 Å². The summed E-state index contributed by atoms with van der Waals surface area (Å²) >= 11 is 0. The van der Waals surface area contributed by atoms with E-state index < -0.39 is 0 Å². The average molecular weight is 286 g/mol. The molecule has 0 atom stereocenters. The summed E-state index contributed by atoms with van der Waals surface area (Å²) in [4.78, 5) is 0. The molecular formula is C22H22. The van der Waals surface area contributed by atoms with Crippen LogP contribution in [0.15, 0.2) is 54.6 Å². The molecule has 22 heavy (non-hydrogen) atoms. The largest absolute Gasteiger partial charge is 0.124 e. The van der Waals surface area contributed by atoms with Crippen LogP contribution in [0, 0.1) is 19.8 Å². The summed E-state index contributed by atoms with van der Waals surface area (Å²) < 4.78 is 0. The fourth-order valence-corrected chi connectivity index (χ4v) is 2.95. The lowest BCUT2D eigenvalue weighted by atomic mass is 9.99. The highest BCUT2D eigenvalue weighted by Crippen LogP contribution is 2.47.